The SMILES string of the molecule is Cc1noc(C2CCCC2)c1Cl. The zero-order valence-corrected chi connectivity index (χ0v) is 7.90. The van der Waals surface area contributed by atoms with Gasteiger partial charge < -0.3 is 4.52 Å². The molecule has 1 aromatic rings. The van der Waals surface area contributed by atoms with Crippen LogP contribution in [-0.2, 0) is 0 Å². The van der Waals surface area contributed by atoms with E-state index in [2.05, 4.69) is 5.16 Å². The summed E-state index contributed by atoms with van der Waals surface area (Å²) in [6, 6.07) is 0. The molecule has 0 saturated heterocycles. The summed E-state index contributed by atoms with van der Waals surface area (Å²) in [5.74, 6) is 1.44. The average molecular weight is 186 g/mol. The van der Waals surface area contributed by atoms with Crippen molar-refractivity contribution in [3.8, 4) is 0 Å². The van der Waals surface area contributed by atoms with Crippen molar-refractivity contribution in [1.82, 2.24) is 5.16 Å². The van der Waals surface area contributed by atoms with E-state index < -0.39 is 0 Å². The van der Waals surface area contributed by atoms with Gasteiger partial charge in [-0.25, -0.2) is 0 Å². The minimum absolute atomic E-state index is 0.527. The molecule has 0 N–H and O–H groups in total. The molecule has 0 radical (unpaired) electrons. The van der Waals surface area contributed by atoms with Gasteiger partial charge in [-0.3, -0.25) is 0 Å². The van der Waals surface area contributed by atoms with E-state index in [0.717, 1.165) is 16.5 Å². The Labute approximate surface area is 76.9 Å². The lowest BCUT2D eigenvalue weighted by atomic mass is 10.1. The molecule has 1 aliphatic carbocycles. The summed E-state index contributed by atoms with van der Waals surface area (Å²) in [5.41, 5.74) is 0.818. The lowest BCUT2D eigenvalue weighted by molar-refractivity contribution is 0.358. The van der Waals surface area contributed by atoms with Crippen LogP contribution in [0.15, 0.2) is 4.52 Å². The predicted molar refractivity (Wildman–Crippen MR) is 47.5 cm³/mol. The van der Waals surface area contributed by atoms with Crippen LogP contribution in [0.5, 0.6) is 0 Å². The first-order valence-corrected chi connectivity index (χ1v) is 4.78. The van der Waals surface area contributed by atoms with Crippen molar-refractivity contribution in [2.24, 2.45) is 0 Å². The molecule has 0 aliphatic heterocycles. The zero-order valence-electron chi connectivity index (χ0n) is 7.14. The lowest BCUT2D eigenvalue weighted by Gasteiger charge is -2.02. The van der Waals surface area contributed by atoms with E-state index >= 15 is 0 Å². The summed E-state index contributed by atoms with van der Waals surface area (Å²) in [6.07, 6.45) is 4.99. The molecule has 1 heterocycles. The number of aryl methyl sites for hydroxylation is 1. The Morgan fingerprint density at radius 3 is 2.58 bits per heavy atom. The number of rotatable bonds is 1. The average Bonchev–Trinajstić information content (AvgIpc) is 2.64. The molecule has 3 heteroatoms. The zero-order chi connectivity index (χ0) is 8.55. The van der Waals surface area contributed by atoms with E-state index in [1.807, 2.05) is 6.92 Å². The van der Waals surface area contributed by atoms with E-state index in [1.165, 1.54) is 25.7 Å². The van der Waals surface area contributed by atoms with E-state index in [-0.39, 0.29) is 0 Å². The molecule has 1 fully saturated rings. The van der Waals surface area contributed by atoms with Crippen molar-refractivity contribution < 1.29 is 4.52 Å². The highest BCUT2D eigenvalue weighted by Crippen LogP contribution is 2.38. The molecule has 0 atom stereocenters. The number of nitrogens with zero attached hydrogens (tertiary/aromatic N) is 1. The number of hydrogen-bond donors (Lipinski definition) is 0. The second-order valence-corrected chi connectivity index (χ2v) is 3.81. The summed E-state index contributed by atoms with van der Waals surface area (Å²) in [4.78, 5) is 0. The maximum atomic E-state index is 6.03. The standard InChI is InChI=1S/C9H12ClNO/c1-6-8(10)9(12-11-6)7-4-2-3-5-7/h7H,2-5H2,1H3. The van der Waals surface area contributed by atoms with Crippen LogP contribution in [0.3, 0.4) is 0 Å². The Bertz CT molecular complexity index is 276. The van der Waals surface area contributed by atoms with Gasteiger partial charge in [0, 0.05) is 5.92 Å². The number of aromatic nitrogens is 1. The van der Waals surface area contributed by atoms with E-state index in [9.17, 15) is 0 Å². The van der Waals surface area contributed by atoms with Crippen LogP contribution in [0.4, 0.5) is 0 Å². The third-order valence-electron chi connectivity index (χ3n) is 2.54. The highest BCUT2D eigenvalue weighted by Gasteiger charge is 2.24. The third-order valence-corrected chi connectivity index (χ3v) is 3.00. The largest absolute Gasteiger partial charge is 0.359 e. The fourth-order valence-electron chi connectivity index (χ4n) is 1.82. The van der Waals surface area contributed by atoms with Crippen molar-refractivity contribution in [3.05, 3.63) is 16.5 Å². The Morgan fingerprint density at radius 1 is 1.42 bits per heavy atom. The van der Waals surface area contributed by atoms with Crippen LogP contribution < -0.4 is 0 Å². The first-order chi connectivity index (χ1) is 5.79. The van der Waals surface area contributed by atoms with Crippen molar-refractivity contribution in [2.45, 2.75) is 38.5 Å². The van der Waals surface area contributed by atoms with Crippen molar-refractivity contribution >= 4 is 11.6 Å². The van der Waals surface area contributed by atoms with Crippen LogP contribution in [0, 0.1) is 6.92 Å². The quantitative estimate of drug-likeness (QED) is 0.671. The molecule has 0 aromatic carbocycles. The second-order valence-electron chi connectivity index (χ2n) is 3.43. The number of halogens is 1. The van der Waals surface area contributed by atoms with Crippen molar-refractivity contribution in [3.63, 3.8) is 0 Å². The maximum Gasteiger partial charge on any atom is 0.158 e. The Hall–Kier alpha value is -0.500. The van der Waals surface area contributed by atoms with Gasteiger partial charge in [-0.2, -0.15) is 0 Å². The highest BCUT2D eigenvalue weighted by atomic mass is 35.5. The molecule has 0 amide bonds. The lowest BCUT2D eigenvalue weighted by Crippen LogP contribution is -1.89. The van der Waals surface area contributed by atoms with Crippen LogP contribution in [-0.4, -0.2) is 5.16 Å². The van der Waals surface area contributed by atoms with Crippen LogP contribution in [0.1, 0.15) is 43.1 Å². The maximum absolute atomic E-state index is 6.03. The molecule has 0 unspecified atom stereocenters. The molecule has 2 rings (SSSR count). The van der Waals surface area contributed by atoms with Crippen molar-refractivity contribution in [2.75, 3.05) is 0 Å². The Morgan fingerprint density at radius 2 is 2.08 bits per heavy atom. The fraction of sp³-hybridized carbons (Fsp3) is 0.667. The molecule has 1 saturated carbocycles. The van der Waals surface area contributed by atoms with Crippen LogP contribution >= 0.6 is 11.6 Å². The first-order valence-electron chi connectivity index (χ1n) is 4.40. The first kappa shape index (κ1) is 8.11. The van der Waals surface area contributed by atoms with Gasteiger partial charge >= 0.3 is 0 Å². The number of hydrogen-bond acceptors (Lipinski definition) is 2. The van der Waals surface area contributed by atoms with Crippen LogP contribution in [0.25, 0.3) is 0 Å². The topological polar surface area (TPSA) is 26.0 Å². The highest BCUT2D eigenvalue weighted by molar-refractivity contribution is 6.31. The summed E-state index contributed by atoms with van der Waals surface area (Å²) in [5, 5.41) is 4.59. The molecule has 2 nitrogen and oxygen atoms in total. The molecule has 0 spiro atoms. The van der Waals surface area contributed by atoms with Crippen LogP contribution in [0.2, 0.25) is 5.02 Å². The molecule has 66 valence electrons. The fourth-order valence-corrected chi connectivity index (χ4v) is 2.04. The van der Waals surface area contributed by atoms with Gasteiger partial charge in [-0.15, -0.1) is 0 Å². The molecular weight excluding hydrogens is 174 g/mol. The second kappa shape index (κ2) is 3.09. The Kier molecular flexibility index (Phi) is 2.09. The van der Waals surface area contributed by atoms with Gasteiger partial charge in [0.25, 0.3) is 0 Å². The monoisotopic (exact) mass is 185 g/mol. The normalized spacial score (nSPS) is 18.8. The summed E-state index contributed by atoms with van der Waals surface area (Å²) < 4.78 is 5.20. The summed E-state index contributed by atoms with van der Waals surface area (Å²) in [7, 11) is 0. The predicted octanol–water partition coefficient (Wildman–Crippen LogP) is 3.29. The molecule has 1 aromatic heterocycles. The van der Waals surface area contributed by atoms with Gasteiger partial charge in [0.1, 0.15) is 5.02 Å². The summed E-state index contributed by atoms with van der Waals surface area (Å²) in [6.45, 7) is 1.88. The molecular formula is C9H12ClNO. The van der Waals surface area contributed by atoms with Gasteiger partial charge in [0.2, 0.25) is 0 Å². The van der Waals surface area contributed by atoms with Crippen molar-refractivity contribution in [1.29, 1.82) is 0 Å². The minimum Gasteiger partial charge on any atom is -0.359 e. The molecule has 1 aliphatic rings. The Balaban J connectivity index is 2.26. The van der Waals surface area contributed by atoms with E-state index in [0.29, 0.717) is 5.92 Å². The molecule has 12 heavy (non-hydrogen) atoms. The van der Waals surface area contributed by atoms with Gasteiger partial charge in [-0.05, 0) is 19.8 Å². The smallest absolute Gasteiger partial charge is 0.158 e. The van der Waals surface area contributed by atoms with Gasteiger partial charge in [0.05, 0.1) is 5.69 Å². The summed E-state index contributed by atoms with van der Waals surface area (Å²) >= 11 is 6.03. The molecule has 0 bridgehead atoms. The van der Waals surface area contributed by atoms with Gasteiger partial charge in [-0.1, -0.05) is 29.6 Å². The third kappa shape index (κ3) is 1.24. The van der Waals surface area contributed by atoms with E-state index in [1.54, 1.807) is 0 Å². The minimum atomic E-state index is 0.527. The van der Waals surface area contributed by atoms with E-state index in [4.69, 9.17) is 16.1 Å². The van der Waals surface area contributed by atoms with Gasteiger partial charge in [0.15, 0.2) is 5.76 Å².